The Kier molecular flexibility index (Phi) is 9.55. The normalized spacial score (nSPS) is 18.4. The second-order valence-electron chi connectivity index (χ2n) is 11.3. The summed E-state index contributed by atoms with van der Waals surface area (Å²) in [5, 5.41) is 27.9. The molecular formula is C29H33F4N13O. The van der Waals surface area contributed by atoms with Crippen molar-refractivity contribution >= 4 is 45.3 Å². The maximum absolute atomic E-state index is 13.5. The number of nitrogens with one attached hydrogen (secondary N) is 6. The highest BCUT2D eigenvalue weighted by molar-refractivity contribution is 5.86. The van der Waals surface area contributed by atoms with E-state index in [4.69, 9.17) is 0 Å². The minimum atomic E-state index is -4.67. The van der Waals surface area contributed by atoms with Crippen molar-refractivity contribution in [3.05, 3.63) is 54.6 Å². The topological polar surface area (TPSA) is 177 Å². The third-order valence-corrected chi connectivity index (χ3v) is 7.92. The molecule has 6 heterocycles. The number of aromatic nitrogens is 8. The van der Waals surface area contributed by atoms with Crippen LogP contribution in [-0.2, 0) is 11.0 Å². The summed E-state index contributed by atoms with van der Waals surface area (Å²) in [4.78, 5) is 30.9. The van der Waals surface area contributed by atoms with Gasteiger partial charge in [-0.3, -0.25) is 15.0 Å². The van der Waals surface area contributed by atoms with Crippen molar-refractivity contribution in [3.8, 4) is 0 Å². The molecule has 2 saturated heterocycles. The monoisotopic (exact) mass is 655 g/mol. The highest BCUT2D eigenvalue weighted by atomic mass is 19.4. The van der Waals surface area contributed by atoms with Crippen molar-refractivity contribution in [3.63, 3.8) is 0 Å². The Labute approximate surface area is 265 Å². The molecule has 0 saturated carbocycles. The van der Waals surface area contributed by atoms with E-state index < -0.39 is 17.6 Å². The fourth-order valence-corrected chi connectivity index (χ4v) is 5.59. The van der Waals surface area contributed by atoms with Crippen LogP contribution in [0, 0.1) is 5.82 Å². The Bertz CT molecular complexity index is 1800. The number of rotatable bonds is 7. The number of amides is 1. The largest absolute Gasteiger partial charge is 0.416 e. The van der Waals surface area contributed by atoms with Crippen LogP contribution in [0.2, 0.25) is 0 Å². The molecule has 0 spiro atoms. The number of likely N-dealkylation sites (tertiary alicyclic amines) is 1. The minimum absolute atomic E-state index is 0.0586. The van der Waals surface area contributed by atoms with Crippen LogP contribution in [0.25, 0.3) is 22.1 Å². The van der Waals surface area contributed by atoms with Crippen LogP contribution in [-0.4, -0.2) is 95.9 Å². The Morgan fingerprint density at radius 3 is 2.19 bits per heavy atom. The molecular weight excluding hydrogens is 622 g/mol. The first kappa shape index (κ1) is 31.8. The molecule has 6 N–H and O–H groups in total. The molecule has 47 heavy (non-hydrogen) atoms. The van der Waals surface area contributed by atoms with Crippen molar-refractivity contribution in [2.45, 2.75) is 43.9 Å². The van der Waals surface area contributed by atoms with Crippen molar-refractivity contribution in [1.29, 1.82) is 0 Å². The van der Waals surface area contributed by atoms with Gasteiger partial charge < -0.3 is 26.2 Å². The highest BCUT2D eigenvalue weighted by Crippen LogP contribution is 2.31. The maximum atomic E-state index is 13.5. The van der Waals surface area contributed by atoms with Gasteiger partial charge >= 0.3 is 6.18 Å². The van der Waals surface area contributed by atoms with E-state index in [1.165, 1.54) is 19.2 Å². The lowest BCUT2D eigenvalue weighted by molar-refractivity contribution is -0.137. The molecule has 14 nitrogen and oxygen atoms in total. The van der Waals surface area contributed by atoms with E-state index in [1.54, 1.807) is 23.6 Å². The Hall–Kier alpha value is -5.13. The van der Waals surface area contributed by atoms with Crippen LogP contribution in [0.4, 0.5) is 34.9 Å². The predicted molar refractivity (Wildman–Crippen MR) is 166 cm³/mol. The van der Waals surface area contributed by atoms with Gasteiger partial charge in [0.1, 0.15) is 30.1 Å². The molecule has 2 aliphatic rings. The summed E-state index contributed by atoms with van der Waals surface area (Å²) in [6.45, 7) is 2.79. The number of fused-ring (bicyclic) bond motifs is 2. The smallest absolute Gasteiger partial charge is 0.376 e. The molecule has 2 atom stereocenters. The second kappa shape index (κ2) is 14.1. The third kappa shape index (κ3) is 8.00. The van der Waals surface area contributed by atoms with Crippen LogP contribution in [0.15, 0.2) is 43.2 Å². The standard InChI is InChI=1S/C19H19F4N7O.C10H14N6/c20-12-4-11(19(21,22)23)5-14(6-12)24-8-16(31)30-3-1-2-13(9-30)28-17-15-7-27-29-18(15)26-10-25-17;1-2-7(4-11-3-1)15-9-8-5-14-16-10(8)13-6-12-9/h4-7,10,13,24H,1-3,8-9H2,(H2,25,26,27,28,29);5-7,11H,1-4H2,(H2,12,13,14,15,16)/t13-;7-/m00/s1. The molecule has 0 unspecified atom stereocenters. The first-order chi connectivity index (χ1) is 22.7. The molecule has 0 radical (unpaired) electrons. The summed E-state index contributed by atoms with van der Waals surface area (Å²) >= 11 is 0. The van der Waals surface area contributed by atoms with E-state index in [0.29, 0.717) is 36.7 Å². The zero-order valence-electron chi connectivity index (χ0n) is 25.1. The van der Waals surface area contributed by atoms with Crippen molar-refractivity contribution in [2.75, 3.05) is 48.7 Å². The van der Waals surface area contributed by atoms with E-state index >= 15 is 0 Å². The number of H-pyrrole nitrogens is 2. The van der Waals surface area contributed by atoms with E-state index in [0.717, 1.165) is 60.3 Å². The van der Waals surface area contributed by atoms with Gasteiger partial charge in [0.15, 0.2) is 11.3 Å². The lowest BCUT2D eigenvalue weighted by Crippen LogP contribution is -2.47. The van der Waals surface area contributed by atoms with Crippen molar-refractivity contribution in [1.82, 2.24) is 50.5 Å². The zero-order valence-corrected chi connectivity index (χ0v) is 25.1. The molecule has 0 aliphatic carbocycles. The number of carbonyl (C=O) groups is 1. The number of nitrogens with zero attached hydrogens (tertiary/aromatic N) is 7. The van der Waals surface area contributed by atoms with E-state index in [1.807, 2.05) is 0 Å². The quantitative estimate of drug-likeness (QED) is 0.141. The van der Waals surface area contributed by atoms with Crippen molar-refractivity contribution < 1.29 is 22.4 Å². The lowest BCUT2D eigenvalue weighted by atomic mass is 10.1. The van der Waals surface area contributed by atoms with Gasteiger partial charge in [-0.25, -0.2) is 24.3 Å². The van der Waals surface area contributed by atoms with Crippen LogP contribution in [0.5, 0.6) is 0 Å². The van der Waals surface area contributed by atoms with Gasteiger partial charge in [0.2, 0.25) is 5.91 Å². The summed E-state index contributed by atoms with van der Waals surface area (Å²) in [6, 6.07) is 2.51. The molecule has 2 aliphatic heterocycles. The van der Waals surface area contributed by atoms with Gasteiger partial charge in [-0.2, -0.15) is 23.4 Å². The third-order valence-electron chi connectivity index (χ3n) is 7.92. The molecule has 4 aromatic heterocycles. The number of anilines is 3. The number of piperidine rings is 2. The number of hydrogen-bond acceptors (Lipinski definition) is 11. The number of halogens is 4. The molecule has 5 aromatic rings. The fourth-order valence-electron chi connectivity index (χ4n) is 5.59. The van der Waals surface area contributed by atoms with Crippen molar-refractivity contribution in [2.24, 2.45) is 0 Å². The Balaban J connectivity index is 0.000000201. The molecule has 1 amide bonds. The Morgan fingerprint density at radius 2 is 1.55 bits per heavy atom. The van der Waals surface area contributed by atoms with Gasteiger partial charge in [-0.1, -0.05) is 0 Å². The average molecular weight is 656 g/mol. The highest BCUT2D eigenvalue weighted by Gasteiger charge is 2.31. The lowest BCUT2D eigenvalue weighted by Gasteiger charge is -2.33. The summed E-state index contributed by atoms with van der Waals surface area (Å²) in [6.07, 6.45) is 5.62. The number of carbonyl (C=O) groups excluding carboxylic acids is 1. The first-order valence-corrected chi connectivity index (χ1v) is 15.1. The number of hydrogen-bond donors (Lipinski definition) is 6. The van der Waals surface area contributed by atoms with Gasteiger partial charge in [0.05, 0.1) is 35.3 Å². The number of aromatic amines is 2. The van der Waals surface area contributed by atoms with Crippen LogP contribution >= 0.6 is 0 Å². The summed E-state index contributed by atoms with van der Waals surface area (Å²) in [7, 11) is 0. The average Bonchev–Trinajstić information content (AvgIpc) is 3.75. The van der Waals surface area contributed by atoms with E-state index in [-0.39, 0.29) is 24.2 Å². The molecule has 1 aromatic carbocycles. The Morgan fingerprint density at radius 1 is 0.894 bits per heavy atom. The predicted octanol–water partition coefficient (Wildman–Crippen LogP) is 3.54. The molecule has 7 rings (SSSR count). The number of benzene rings is 1. The van der Waals surface area contributed by atoms with E-state index in [9.17, 15) is 22.4 Å². The number of alkyl halides is 3. The molecule has 0 bridgehead atoms. The maximum Gasteiger partial charge on any atom is 0.416 e. The summed E-state index contributed by atoms with van der Waals surface area (Å²) in [5.74, 6) is 0.158. The second-order valence-corrected chi connectivity index (χ2v) is 11.3. The van der Waals surface area contributed by atoms with Crippen LogP contribution < -0.4 is 21.3 Å². The first-order valence-electron chi connectivity index (χ1n) is 15.1. The SMILES string of the molecule is O=C(CNc1cc(F)cc(C(F)(F)F)c1)N1CCC[C@H](Nc2ncnc3[nH]ncc23)C1.c1nc(N[C@H]2CCCNC2)c2cn[nH]c2n1. The summed E-state index contributed by atoms with van der Waals surface area (Å²) < 4.78 is 52.1. The van der Waals surface area contributed by atoms with Crippen LogP contribution in [0.3, 0.4) is 0 Å². The molecule has 248 valence electrons. The van der Waals surface area contributed by atoms with Gasteiger partial charge in [-0.15, -0.1) is 0 Å². The summed E-state index contributed by atoms with van der Waals surface area (Å²) in [5.41, 5.74) is 0.163. The van der Waals surface area contributed by atoms with E-state index in [2.05, 4.69) is 61.6 Å². The van der Waals surface area contributed by atoms with Crippen LogP contribution in [0.1, 0.15) is 31.2 Å². The minimum Gasteiger partial charge on any atom is -0.376 e. The fraction of sp³-hybridized carbons (Fsp3) is 0.414. The van der Waals surface area contributed by atoms with Gasteiger partial charge in [-0.05, 0) is 50.4 Å². The van der Waals surface area contributed by atoms with Gasteiger partial charge in [0.25, 0.3) is 0 Å². The molecule has 2 fully saturated rings. The molecule has 18 heteroatoms. The van der Waals surface area contributed by atoms with Gasteiger partial charge in [0, 0.05) is 37.4 Å². The zero-order chi connectivity index (χ0) is 32.8.